The van der Waals surface area contributed by atoms with Crippen molar-refractivity contribution >= 4 is 11.6 Å². The zero-order chi connectivity index (χ0) is 14.1. The Balaban J connectivity index is 1.98. The Hall–Kier alpha value is -2.43. The highest BCUT2D eigenvalue weighted by molar-refractivity contribution is 5.47. The van der Waals surface area contributed by atoms with Crippen LogP contribution in [0.15, 0.2) is 36.7 Å². The summed E-state index contributed by atoms with van der Waals surface area (Å²) in [7, 11) is 2.06. The molecule has 0 N–H and O–H groups in total. The van der Waals surface area contributed by atoms with E-state index in [1.54, 1.807) is 4.52 Å². The number of aromatic nitrogens is 4. The lowest BCUT2D eigenvalue weighted by molar-refractivity contribution is 0.824. The molecular weight excluding hydrogens is 250 g/mol. The third-order valence-electron chi connectivity index (χ3n) is 3.42. The van der Waals surface area contributed by atoms with Gasteiger partial charge >= 0.3 is 0 Å². The Labute approximate surface area is 117 Å². The number of anilines is 1. The summed E-state index contributed by atoms with van der Waals surface area (Å²) in [6.45, 7) is 4.93. The summed E-state index contributed by atoms with van der Waals surface area (Å²) in [6, 6.07) is 10.4. The molecule has 0 bridgehead atoms. The molecule has 2 heterocycles. The minimum Gasteiger partial charge on any atom is -0.355 e. The highest BCUT2D eigenvalue weighted by Gasteiger charge is 2.11. The molecule has 0 spiro atoms. The smallest absolute Gasteiger partial charge is 0.254 e. The van der Waals surface area contributed by atoms with Crippen LogP contribution < -0.4 is 4.90 Å². The fourth-order valence-corrected chi connectivity index (χ4v) is 2.31. The molecule has 0 unspecified atom stereocenters. The Kier molecular flexibility index (Phi) is 3.10. The van der Waals surface area contributed by atoms with Crippen molar-refractivity contribution in [2.45, 2.75) is 20.4 Å². The van der Waals surface area contributed by atoms with Gasteiger partial charge in [-0.05, 0) is 25.0 Å². The van der Waals surface area contributed by atoms with Crippen LogP contribution >= 0.6 is 0 Å². The predicted octanol–water partition coefficient (Wildman–Crippen LogP) is 2.38. The first kappa shape index (κ1) is 12.6. The van der Waals surface area contributed by atoms with E-state index in [-0.39, 0.29) is 0 Å². The van der Waals surface area contributed by atoms with Gasteiger partial charge < -0.3 is 4.90 Å². The first-order chi connectivity index (χ1) is 9.65. The fraction of sp³-hybridized carbons (Fsp3) is 0.267. The van der Waals surface area contributed by atoms with E-state index in [1.807, 2.05) is 13.0 Å². The maximum Gasteiger partial charge on any atom is 0.254 e. The molecule has 0 fully saturated rings. The van der Waals surface area contributed by atoms with E-state index in [2.05, 4.69) is 58.2 Å². The second kappa shape index (κ2) is 4.92. The van der Waals surface area contributed by atoms with Crippen LogP contribution in [0.25, 0.3) is 5.78 Å². The van der Waals surface area contributed by atoms with E-state index >= 15 is 0 Å². The molecule has 0 amide bonds. The van der Waals surface area contributed by atoms with Crippen LogP contribution in [-0.2, 0) is 6.54 Å². The second-order valence-corrected chi connectivity index (χ2v) is 5.01. The minimum absolute atomic E-state index is 0.636. The molecule has 0 aliphatic rings. The summed E-state index contributed by atoms with van der Waals surface area (Å²) in [6.07, 6.45) is 1.53. The van der Waals surface area contributed by atoms with Crippen molar-refractivity contribution in [1.82, 2.24) is 19.6 Å². The highest BCUT2D eigenvalue weighted by Crippen LogP contribution is 2.18. The summed E-state index contributed by atoms with van der Waals surface area (Å²) in [5.74, 6) is 1.63. The molecule has 0 radical (unpaired) electrons. The van der Waals surface area contributed by atoms with Gasteiger partial charge in [-0.1, -0.05) is 24.3 Å². The molecule has 1 aromatic carbocycles. The molecule has 20 heavy (non-hydrogen) atoms. The number of fused-ring (bicyclic) bond motifs is 1. The molecule has 0 saturated carbocycles. The third kappa shape index (κ3) is 2.22. The van der Waals surface area contributed by atoms with Gasteiger partial charge in [-0.15, -0.1) is 0 Å². The number of nitrogens with zero attached hydrogens (tertiary/aromatic N) is 5. The summed E-state index contributed by atoms with van der Waals surface area (Å²) in [4.78, 5) is 10.7. The lowest BCUT2D eigenvalue weighted by Gasteiger charge is -2.21. The summed E-state index contributed by atoms with van der Waals surface area (Å²) < 4.78 is 1.77. The number of aryl methyl sites for hydroxylation is 2. The minimum atomic E-state index is 0.636. The van der Waals surface area contributed by atoms with Gasteiger partial charge in [0.1, 0.15) is 12.1 Å². The van der Waals surface area contributed by atoms with Gasteiger partial charge in [0.25, 0.3) is 5.78 Å². The number of hydrogen-bond acceptors (Lipinski definition) is 4. The Bertz CT molecular complexity index is 747. The molecular formula is C15H17N5. The fourth-order valence-electron chi connectivity index (χ4n) is 2.31. The Morgan fingerprint density at radius 1 is 1.20 bits per heavy atom. The average Bonchev–Trinajstić information content (AvgIpc) is 2.88. The molecule has 2 aromatic heterocycles. The van der Waals surface area contributed by atoms with Crippen molar-refractivity contribution in [3.8, 4) is 0 Å². The Morgan fingerprint density at radius 3 is 2.80 bits per heavy atom. The highest BCUT2D eigenvalue weighted by atomic mass is 15.4. The van der Waals surface area contributed by atoms with E-state index in [0.717, 1.165) is 18.1 Å². The van der Waals surface area contributed by atoms with Gasteiger partial charge in [0.05, 0.1) is 0 Å². The zero-order valence-corrected chi connectivity index (χ0v) is 11.9. The molecule has 5 nitrogen and oxygen atoms in total. The normalized spacial score (nSPS) is 10.9. The molecule has 0 saturated heterocycles. The van der Waals surface area contributed by atoms with Gasteiger partial charge in [0, 0.05) is 25.4 Å². The lowest BCUT2D eigenvalue weighted by Crippen LogP contribution is -2.20. The van der Waals surface area contributed by atoms with Crippen LogP contribution in [-0.4, -0.2) is 26.6 Å². The maximum atomic E-state index is 4.37. The first-order valence-electron chi connectivity index (χ1n) is 6.58. The maximum absolute atomic E-state index is 4.37. The van der Waals surface area contributed by atoms with Crippen molar-refractivity contribution in [3.63, 3.8) is 0 Å². The van der Waals surface area contributed by atoms with E-state index in [0.29, 0.717) is 5.78 Å². The summed E-state index contributed by atoms with van der Waals surface area (Å²) >= 11 is 0. The van der Waals surface area contributed by atoms with E-state index < -0.39 is 0 Å². The van der Waals surface area contributed by atoms with Crippen LogP contribution in [0, 0.1) is 13.8 Å². The molecule has 0 aliphatic carbocycles. The SMILES string of the molecule is Cc1cc(N(C)Cc2ccccc2C)n2ncnc2n1. The topological polar surface area (TPSA) is 46.3 Å². The van der Waals surface area contributed by atoms with Crippen molar-refractivity contribution in [1.29, 1.82) is 0 Å². The zero-order valence-electron chi connectivity index (χ0n) is 11.9. The van der Waals surface area contributed by atoms with Crippen LogP contribution in [0.2, 0.25) is 0 Å². The summed E-state index contributed by atoms with van der Waals surface area (Å²) in [5.41, 5.74) is 3.54. The van der Waals surface area contributed by atoms with Gasteiger partial charge in [-0.2, -0.15) is 14.6 Å². The summed E-state index contributed by atoms with van der Waals surface area (Å²) in [5, 5.41) is 4.25. The van der Waals surface area contributed by atoms with Gasteiger partial charge in [0.15, 0.2) is 0 Å². The van der Waals surface area contributed by atoms with Crippen LogP contribution in [0.5, 0.6) is 0 Å². The second-order valence-electron chi connectivity index (χ2n) is 5.01. The lowest BCUT2D eigenvalue weighted by atomic mass is 10.1. The van der Waals surface area contributed by atoms with Crippen LogP contribution in [0.4, 0.5) is 5.82 Å². The van der Waals surface area contributed by atoms with Gasteiger partial charge in [-0.3, -0.25) is 0 Å². The predicted molar refractivity (Wildman–Crippen MR) is 78.8 cm³/mol. The molecule has 0 aliphatic heterocycles. The van der Waals surface area contributed by atoms with E-state index in [1.165, 1.54) is 17.5 Å². The van der Waals surface area contributed by atoms with E-state index in [9.17, 15) is 0 Å². The Morgan fingerprint density at radius 2 is 2.00 bits per heavy atom. The van der Waals surface area contributed by atoms with Crippen molar-refractivity contribution < 1.29 is 0 Å². The van der Waals surface area contributed by atoms with Crippen molar-refractivity contribution in [2.75, 3.05) is 11.9 Å². The van der Waals surface area contributed by atoms with Crippen molar-refractivity contribution in [3.05, 3.63) is 53.5 Å². The number of rotatable bonds is 3. The third-order valence-corrected chi connectivity index (χ3v) is 3.42. The molecule has 3 aromatic rings. The molecule has 3 rings (SSSR count). The molecule has 0 atom stereocenters. The molecule has 102 valence electrons. The quantitative estimate of drug-likeness (QED) is 0.731. The van der Waals surface area contributed by atoms with Gasteiger partial charge in [0.2, 0.25) is 0 Å². The standard InChI is InChI=1S/C15H17N5/c1-11-6-4-5-7-13(11)9-19(3)14-8-12(2)18-15-16-10-17-20(14)15/h4-8,10H,9H2,1-3H3. The largest absolute Gasteiger partial charge is 0.355 e. The van der Waals surface area contributed by atoms with Crippen LogP contribution in [0.1, 0.15) is 16.8 Å². The monoisotopic (exact) mass is 267 g/mol. The van der Waals surface area contributed by atoms with Crippen LogP contribution in [0.3, 0.4) is 0 Å². The average molecular weight is 267 g/mol. The first-order valence-corrected chi connectivity index (χ1v) is 6.58. The van der Waals surface area contributed by atoms with Gasteiger partial charge in [-0.25, -0.2) is 4.98 Å². The number of benzene rings is 1. The number of hydrogen-bond donors (Lipinski definition) is 0. The van der Waals surface area contributed by atoms with Crippen molar-refractivity contribution in [2.24, 2.45) is 0 Å². The van der Waals surface area contributed by atoms with E-state index in [4.69, 9.17) is 0 Å². The molecule has 5 heteroatoms.